The number of benzene rings is 1. The highest BCUT2D eigenvalue weighted by atomic mass is 32.2. The second-order valence-corrected chi connectivity index (χ2v) is 9.54. The van der Waals surface area contributed by atoms with Crippen molar-refractivity contribution in [3.63, 3.8) is 0 Å². The second kappa shape index (κ2) is 5.94. The zero-order valence-electron chi connectivity index (χ0n) is 12.7. The van der Waals surface area contributed by atoms with Crippen molar-refractivity contribution < 1.29 is 21.8 Å². The van der Waals surface area contributed by atoms with Gasteiger partial charge in [-0.1, -0.05) is 6.92 Å². The van der Waals surface area contributed by atoms with Crippen molar-refractivity contribution in [2.45, 2.75) is 43.0 Å². The molecule has 0 aliphatic carbocycles. The zero-order valence-corrected chi connectivity index (χ0v) is 14.3. The van der Waals surface area contributed by atoms with Crippen molar-refractivity contribution in [2.75, 3.05) is 5.75 Å². The third-order valence-electron chi connectivity index (χ3n) is 2.58. The van der Waals surface area contributed by atoms with Gasteiger partial charge in [0.25, 0.3) is 5.69 Å². The molecule has 0 radical (unpaired) electrons. The number of nitrogens with one attached hydrogen (secondary N) is 1. The van der Waals surface area contributed by atoms with Gasteiger partial charge in [0, 0.05) is 17.7 Å². The molecule has 0 atom stereocenters. The number of nitro groups is 1. The van der Waals surface area contributed by atoms with Crippen molar-refractivity contribution in [2.24, 2.45) is 0 Å². The average Bonchev–Trinajstić information content (AvgIpc) is 2.35. The lowest BCUT2D eigenvalue weighted by atomic mass is 10.1. The van der Waals surface area contributed by atoms with E-state index in [2.05, 4.69) is 4.72 Å². The molecule has 0 aliphatic rings. The van der Waals surface area contributed by atoms with Crippen molar-refractivity contribution in [1.29, 1.82) is 0 Å². The Bertz CT molecular complexity index is 791. The molecule has 124 valence electrons. The van der Waals surface area contributed by atoms with Gasteiger partial charge in [0.2, 0.25) is 10.0 Å². The minimum absolute atomic E-state index is 0.317. The predicted octanol–water partition coefficient (Wildman–Crippen LogP) is 1.47. The van der Waals surface area contributed by atoms with Crippen LogP contribution in [0.4, 0.5) is 5.69 Å². The lowest BCUT2D eigenvalue weighted by Gasteiger charge is -2.21. The topological polar surface area (TPSA) is 123 Å². The van der Waals surface area contributed by atoms with Crippen LogP contribution in [0.5, 0.6) is 0 Å². The Morgan fingerprint density at radius 3 is 2.09 bits per heavy atom. The van der Waals surface area contributed by atoms with Gasteiger partial charge in [-0.25, -0.2) is 21.6 Å². The van der Waals surface area contributed by atoms with Gasteiger partial charge < -0.3 is 0 Å². The standard InChI is InChI=1S/C12H18N2O6S2/c1-5-21(17,18)10-7-6-9(14(15)16)8-11(10)22(19,20)13-12(2,3)4/h6-8,13H,5H2,1-4H3. The van der Waals surface area contributed by atoms with E-state index in [0.29, 0.717) is 0 Å². The molecule has 0 saturated heterocycles. The highest BCUT2D eigenvalue weighted by molar-refractivity contribution is 7.93. The fourth-order valence-corrected chi connectivity index (χ4v) is 4.88. The molecule has 0 saturated carbocycles. The molecular formula is C12H18N2O6S2. The molecule has 10 heteroatoms. The third kappa shape index (κ3) is 4.24. The summed E-state index contributed by atoms with van der Waals surface area (Å²) in [6.07, 6.45) is 0. The van der Waals surface area contributed by atoms with Gasteiger partial charge in [0.1, 0.15) is 4.90 Å². The molecule has 0 amide bonds. The van der Waals surface area contributed by atoms with E-state index in [9.17, 15) is 26.9 Å². The molecule has 0 spiro atoms. The number of sulfonamides is 1. The van der Waals surface area contributed by atoms with Crippen LogP contribution in [0.1, 0.15) is 27.7 Å². The van der Waals surface area contributed by atoms with Crippen LogP contribution < -0.4 is 4.72 Å². The van der Waals surface area contributed by atoms with Crippen LogP contribution in [0.2, 0.25) is 0 Å². The molecule has 1 N–H and O–H groups in total. The quantitative estimate of drug-likeness (QED) is 0.633. The third-order valence-corrected chi connectivity index (χ3v) is 6.30. The van der Waals surface area contributed by atoms with E-state index in [1.54, 1.807) is 20.8 Å². The van der Waals surface area contributed by atoms with Crippen molar-refractivity contribution in [1.82, 2.24) is 4.72 Å². The largest absolute Gasteiger partial charge is 0.270 e. The Hall–Kier alpha value is -1.52. The maximum Gasteiger partial charge on any atom is 0.270 e. The van der Waals surface area contributed by atoms with Gasteiger partial charge in [-0.15, -0.1) is 0 Å². The summed E-state index contributed by atoms with van der Waals surface area (Å²) in [7, 11) is -8.08. The van der Waals surface area contributed by atoms with Crippen LogP contribution in [0, 0.1) is 10.1 Å². The van der Waals surface area contributed by atoms with Crippen molar-refractivity contribution in [3.8, 4) is 0 Å². The number of hydrogen-bond donors (Lipinski definition) is 1. The maximum absolute atomic E-state index is 12.4. The maximum atomic E-state index is 12.4. The van der Waals surface area contributed by atoms with Gasteiger partial charge in [-0.2, -0.15) is 0 Å². The molecule has 22 heavy (non-hydrogen) atoms. The number of sulfone groups is 1. The van der Waals surface area contributed by atoms with Crippen LogP contribution in [0.3, 0.4) is 0 Å². The Balaban J connectivity index is 3.68. The summed E-state index contributed by atoms with van der Waals surface area (Å²) >= 11 is 0. The fraction of sp³-hybridized carbons (Fsp3) is 0.500. The van der Waals surface area contributed by atoms with Crippen LogP contribution in [0.15, 0.2) is 28.0 Å². The molecule has 0 unspecified atom stereocenters. The molecule has 1 rings (SSSR count). The summed E-state index contributed by atoms with van der Waals surface area (Å²) < 4.78 is 51.2. The van der Waals surface area contributed by atoms with Gasteiger partial charge in [0.15, 0.2) is 9.84 Å². The highest BCUT2D eigenvalue weighted by Crippen LogP contribution is 2.27. The smallest absolute Gasteiger partial charge is 0.258 e. The highest BCUT2D eigenvalue weighted by Gasteiger charge is 2.30. The molecule has 1 aromatic carbocycles. The summed E-state index contributed by atoms with van der Waals surface area (Å²) in [5.41, 5.74) is -1.36. The lowest BCUT2D eigenvalue weighted by molar-refractivity contribution is -0.385. The number of rotatable bonds is 5. The molecule has 0 fully saturated rings. The van der Waals surface area contributed by atoms with Gasteiger partial charge in [-0.05, 0) is 26.8 Å². The number of nitro benzene ring substituents is 1. The monoisotopic (exact) mass is 350 g/mol. The zero-order chi connectivity index (χ0) is 17.3. The Morgan fingerprint density at radius 2 is 1.68 bits per heavy atom. The van der Waals surface area contributed by atoms with Crippen LogP contribution in [-0.4, -0.2) is 33.1 Å². The minimum Gasteiger partial charge on any atom is -0.258 e. The Labute approximate surface area is 129 Å². The fourth-order valence-electron chi connectivity index (χ4n) is 1.69. The summed E-state index contributed by atoms with van der Waals surface area (Å²) in [5.74, 6) is -0.317. The second-order valence-electron chi connectivity index (χ2n) is 5.65. The van der Waals surface area contributed by atoms with E-state index >= 15 is 0 Å². The summed E-state index contributed by atoms with van der Waals surface area (Å²) in [5, 5.41) is 10.8. The van der Waals surface area contributed by atoms with Crippen LogP contribution in [0.25, 0.3) is 0 Å². The van der Waals surface area contributed by atoms with Crippen molar-refractivity contribution >= 4 is 25.5 Å². The van der Waals surface area contributed by atoms with E-state index in [1.807, 2.05) is 0 Å². The van der Waals surface area contributed by atoms with E-state index in [0.717, 1.165) is 18.2 Å². The van der Waals surface area contributed by atoms with E-state index in [4.69, 9.17) is 0 Å². The van der Waals surface area contributed by atoms with Crippen LogP contribution >= 0.6 is 0 Å². The number of hydrogen-bond acceptors (Lipinski definition) is 6. The number of non-ortho nitro benzene ring substituents is 1. The first-order chi connectivity index (χ1) is 9.80. The molecule has 0 bridgehead atoms. The van der Waals surface area contributed by atoms with E-state index < -0.39 is 45.8 Å². The summed E-state index contributed by atoms with van der Waals surface area (Å²) in [4.78, 5) is 9.00. The number of nitrogens with zero attached hydrogens (tertiary/aromatic N) is 1. The first-order valence-electron chi connectivity index (χ1n) is 6.35. The Kier molecular flexibility index (Phi) is 5.00. The van der Waals surface area contributed by atoms with Crippen LogP contribution in [-0.2, 0) is 19.9 Å². The summed E-state index contributed by atoms with van der Waals surface area (Å²) in [6.45, 7) is 6.10. The molecule has 0 heterocycles. The van der Waals surface area contributed by atoms with Gasteiger partial charge in [-0.3, -0.25) is 10.1 Å². The molecule has 0 aromatic heterocycles. The summed E-state index contributed by atoms with van der Waals surface area (Å²) in [6, 6.07) is 2.68. The van der Waals surface area contributed by atoms with Gasteiger partial charge in [0.05, 0.1) is 15.6 Å². The minimum atomic E-state index is -4.23. The lowest BCUT2D eigenvalue weighted by Crippen LogP contribution is -2.41. The molecule has 1 aromatic rings. The van der Waals surface area contributed by atoms with Crippen molar-refractivity contribution in [3.05, 3.63) is 28.3 Å². The normalized spacial score (nSPS) is 13.1. The molecule has 0 aliphatic heterocycles. The molecular weight excluding hydrogens is 332 g/mol. The average molecular weight is 350 g/mol. The van der Waals surface area contributed by atoms with E-state index in [1.165, 1.54) is 6.92 Å². The SMILES string of the molecule is CCS(=O)(=O)c1ccc([N+](=O)[O-])cc1S(=O)(=O)NC(C)(C)C. The van der Waals surface area contributed by atoms with Gasteiger partial charge >= 0.3 is 0 Å². The Morgan fingerprint density at radius 1 is 1.14 bits per heavy atom. The first kappa shape index (κ1) is 18.5. The predicted molar refractivity (Wildman–Crippen MR) is 80.9 cm³/mol. The van der Waals surface area contributed by atoms with E-state index in [-0.39, 0.29) is 5.75 Å². The molecule has 8 nitrogen and oxygen atoms in total. The first-order valence-corrected chi connectivity index (χ1v) is 9.49.